The van der Waals surface area contributed by atoms with Crippen molar-refractivity contribution in [1.29, 1.82) is 0 Å². The van der Waals surface area contributed by atoms with E-state index in [1.807, 2.05) is 12.1 Å². The summed E-state index contributed by atoms with van der Waals surface area (Å²) >= 11 is 0. The van der Waals surface area contributed by atoms with Crippen molar-refractivity contribution in [2.45, 2.75) is 5.75 Å². The van der Waals surface area contributed by atoms with Crippen LogP contribution in [-0.2, 0) is 21.3 Å². The van der Waals surface area contributed by atoms with Crippen LogP contribution in [0.4, 0.5) is 17.2 Å². The van der Waals surface area contributed by atoms with E-state index >= 15 is 0 Å². The summed E-state index contributed by atoms with van der Waals surface area (Å²) < 4.78 is 16.8. The number of benzene rings is 1. The molecule has 1 atom stereocenters. The summed E-state index contributed by atoms with van der Waals surface area (Å²) in [4.78, 5) is 14.5. The SMILES string of the molecule is COCC[S@](=O)Cc1cccc(Nc2ncccc2[N+](=O)[O-])c1. The third kappa shape index (κ3) is 5.11. The van der Waals surface area contributed by atoms with Gasteiger partial charge >= 0.3 is 5.69 Å². The fraction of sp³-hybridized carbons (Fsp3) is 0.267. The molecule has 1 aromatic heterocycles. The normalized spacial score (nSPS) is 11.9. The van der Waals surface area contributed by atoms with Gasteiger partial charge in [0.2, 0.25) is 5.82 Å². The number of methoxy groups -OCH3 is 1. The van der Waals surface area contributed by atoms with Gasteiger partial charge in [0.05, 0.1) is 11.5 Å². The van der Waals surface area contributed by atoms with Crippen LogP contribution in [0.15, 0.2) is 42.6 Å². The van der Waals surface area contributed by atoms with Gasteiger partial charge in [0, 0.05) is 47.4 Å². The summed E-state index contributed by atoms with van der Waals surface area (Å²) in [6, 6.07) is 10.2. The maximum absolute atomic E-state index is 11.9. The molecule has 0 bridgehead atoms. The number of aromatic nitrogens is 1. The van der Waals surface area contributed by atoms with Crippen molar-refractivity contribution < 1.29 is 13.9 Å². The second-order valence-corrected chi connectivity index (χ2v) is 6.31. The third-order valence-corrected chi connectivity index (χ3v) is 4.29. The molecule has 0 saturated carbocycles. The highest BCUT2D eigenvalue weighted by molar-refractivity contribution is 7.84. The average molecular weight is 335 g/mol. The number of pyridine rings is 1. The lowest BCUT2D eigenvalue weighted by molar-refractivity contribution is -0.384. The lowest BCUT2D eigenvalue weighted by Gasteiger charge is -2.08. The molecular formula is C15H17N3O4S. The van der Waals surface area contributed by atoms with E-state index in [4.69, 9.17) is 4.74 Å². The van der Waals surface area contributed by atoms with Crippen LogP contribution in [0.1, 0.15) is 5.56 Å². The van der Waals surface area contributed by atoms with E-state index in [1.54, 1.807) is 19.2 Å². The Morgan fingerprint density at radius 3 is 2.91 bits per heavy atom. The first-order valence-electron chi connectivity index (χ1n) is 6.89. The minimum atomic E-state index is -1.01. The highest BCUT2D eigenvalue weighted by Crippen LogP contribution is 2.25. The number of nitrogens with one attached hydrogen (secondary N) is 1. The van der Waals surface area contributed by atoms with Crippen LogP contribution in [0.25, 0.3) is 0 Å². The predicted octanol–water partition coefficient (Wildman–Crippen LogP) is 2.63. The van der Waals surface area contributed by atoms with Gasteiger partial charge < -0.3 is 10.1 Å². The Kier molecular flexibility index (Phi) is 6.19. The summed E-state index contributed by atoms with van der Waals surface area (Å²) in [5.41, 5.74) is 1.44. The molecule has 0 radical (unpaired) electrons. The predicted molar refractivity (Wildman–Crippen MR) is 89.2 cm³/mol. The number of rotatable bonds is 8. The highest BCUT2D eigenvalue weighted by Gasteiger charge is 2.14. The van der Waals surface area contributed by atoms with Crippen LogP contribution in [-0.4, -0.2) is 33.6 Å². The summed E-state index contributed by atoms with van der Waals surface area (Å²) in [5.74, 6) is 1.05. The Bertz CT molecular complexity index is 709. The lowest BCUT2D eigenvalue weighted by atomic mass is 10.2. The zero-order valence-electron chi connectivity index (χ0n) is 12.6. The molecule has 0 aliphatic rings. The molecule has 122 valence electrons. The van der Waals surface area contributed by atoms with E-state index < -0.39 is 15.7 Å². The Balaban J connectivity index is 2.11. The molecule has 0 amide bonds. The number of anilines is 2. The van der Waals surface area contributed by atoms with Crippen LogP contribution in [0.5, 0.6) is 0 Å². The minimum Gasteiger partial charge on any atom is -0.384 e. The maximum Gasteiger partial charge on any atom is 0.311 e. The summed E-state index contributed by atoms with van der Waals surface area (Å²) in [6.45, 7) is 0.449. The number of nitrogens with zero attached hydrogens (tertiary/aromatic N) is 2. The van der Waals surface area contributed by atoms with Gasteiger partial charge in [-0.05, 0) is 23.8 Å². The molecule has 1 aromatic carbocycles. The van der Waals surface area contributed by atoms with Gasteiger partial charge in [0.25, 0.3) is 0 Å². The molecule has 7 nitrogen and oxygen atoms in total. The van der Waals surface area contributed by atoms with E-state index in [0.29, 0.717) is 23.8 Å². The van der Waals surface area contributed by atoms with Crippen molar-refractivity contribution in [1.82, 2.24) is 4.98 Å². The van der Waals surface area contributed by atoms with E-state index in [-0.39, 0.29) is 11.5 Å². The molecule has 0 saturated heterocycles. The first kappa shape index (κ1) is 17.0. The zero-order chi connectivity index (χ0) is 16.7. The molecule has 0 spiro atoms. The largest absolute Gasteiger partial charge is 0.384 e. The second kappa shape index (κ2) is 8.35. The molecule has 1 N–H and O–H groups in total. The Labute approximate surface area is 136 Å². The minimum absolute atomic E-state index is 0.0958. The van der Waals surface area contributed by atoms with E-state index in [1.165, 1.54) is 18.3 Å². The first-order valence-corrected chi connectivity index (χ1v) is 8.38. The summed E-state index contributed by atoms with van der Waals surface area (Å²) in [6.07, 6.45) is 1.49. The van der Waals surface area contributed by atoms with Crippen molar-refractivity contribution in [2.24, 2.45) is 0 Å². The molecule has 0 fully saturated rings. The van der Waals surface area contributed by atoms with Crippen molar-refractivity contribution in [2.75, 3.05) is 24.8 Å². The van der Waals surface area contributed by atoms with Crippen LogP contribution in [0.2, 0.25) is 0 Å². The van der Waals surface area contributed by atoms with E-state index in [2.05, 4.69) is 10.3 Å². The van der Waals surface area contributed by atoms with Gasteiger partial charge in [-0.2, -0.15) is 0 Å². The van der Waals surface area contributed by atoms with Gasteiger partial charge in [-0.1, -0.05) is 12.1 Å². The zero-order valence-corrected chi connectivity index (χ0v) is 13.4. The first-order chi connectivity index (χ1) is 11.1. The standard InChI is InChI=1S/C15H17N3O4S/c1-22-8-9-23(21)11-12-4-2-5-13(10-12)17-15-14(18(19)20)6-3-7-16-15/h2-7,10H,8-9,11H2,1H3,(H,16,17)/t23-/m0/s1. The molecule has 0 aliphatic heterocycles. The number of hydrogen-bond donors (Lipinski definition) is 1. The Morgan fingerprint density at radius 2 is 2.17 bits per heavy atom. The second-order valence-electron chi connectivity index (χ2n) is 4.73. The van der Waals surface area contributed by atoms with Crippen molar-refractivity contribution in [3.05, 3.63) is 58.3 Å². The maximum atomic E-state index is 11.9. The van der Waals surface area contributed by atoms with Gasteiger partial charge in [0.1, 0.15) is 0 Å². The molecule has 8 heteroatoms. The highest BCUT2D eigenvalue weighted by atomic mass is 32.2. The van der Waals surface area contributed by atoms with Crippen LogP contribution in [0, 0.1) is 10.1 Å². The smallest absolute Gasteiger partial charge is 0.311 e. The van der Waals surface area contributed by atoms with Crippen molar-refractivity contribution >= 4 is 28.0 Å². The molecular weight excluding hydrogens is 318 g/mol. The Morgan fingerprint density at radius 1 is 1.35 bits per heavy atom. The van der Waals surface area contributed by atoms with Crippen molar-refractivity contribution in [3.63, 3.8) is 0 Å². The third-order valence-electron chi connectivity index (χ3n) is 3.02. The Hall–Kier alpha value is -2.32. The number of ether oxygens (including phenoxy) is 1. The quantitative estimate of drug-likeness (QED) is 0.588. The molecule has 1 heterocycles. The monoisotopic (exact) mass is 335 g/mol. The summed E-state index contributed by atoms with van der Waals surface area (Å²) in [5, 5.41) is 13.9. The number of hydrogen-bond acceptors (Lipinski definition) is 6. The number of nitro groups is 1. The molecule has 2 aromatic rings. The van der Waals surface area contributed by atoms with Gasteiger partial charge in [0.15, 0.2) is 0 Å². The molecule has 2 rings (SSSR count). The fourth-order valence-electron chi connectivity index (χ4n) is 1.95. The van der Waals surface area contributed by atoms with Crippen molar-refractivity contribution in [3.8, 4) is 0 Å². The molecule has 0 unspecified atom stereocenters. The lowest BCUT2D eigenvalue weighted by Crippen LogP contribution is -2.06. The van der Waals surface area contributed by atoms with Crippen LogP contribution >= 0.6 is 0 Å². The van der Waals surface area contributed by atoms with Crippen LogP contribution < -0.4 is 5.32 Å². The molecule has 23 heavy (non-hydrogen) atoms. The van der Waals surface area contributed by atoms with E-state index in [9.17, 15) is 14.3 Å². The summed E-state index contributed by atoms with van der Waals surface area (Å²) in [7, 11) is 0.557. The molecule has 0 aliphatic carbocycles. The topological polar surface area (TPSA) is 94.4 Å². The van der Waals surface area contributed by atoms with Crippen LogP contribution in [0.3, 0.4) is 0 Å². The van der Waals surface area contributed by atoms with E-state index in [0.717, 1.165) is 5.56 Å². The fourth-order valence-corrected chi connectivity index (χ4v) is 3.00. The average Bonchev–Trinajstić information content (AvgIpc) is 2.53. The van der Waals surface area contributed by atoms with Gasteiger partial charge in [-0.3, -0.25) is 14.3 Å². The van der Waals surface area contributed by atoms with Gasteiger partial charge in [-0.25, -0.2) is 4.98 Å². The van der Waals surface area contributed by atoms with Gasteiger partial charge in [-0.15, -0.1) is 0 Å².